The Kier molecular flexibility index (Phi) is 3.42. The number of aromatic nitrogens is 3. The van der Waals surface area contributed by atoms with Gasteiger partial charge in [0.05, 0.1) is 5.51 Å². The van der Waals surface area contributed by atoms with E-state index in [1.807, 2.05) is 5.51 Å². The normalized spacial score (nSPS) is 17.4. The molecule has 17 heavy (non-hydrogen) atoms. The molecule has 0 saturated carbocycles. The number of fused-ring (bicyclic) bond motifs is 1. The van der Waals surface area contributed by atoms with Gasteiger partial charge in [-0.2, -0.15) is 11.8 Å². The van der Waals surface area contributed by atoms with Gasteiger partial charge in [0, 0.05) is 6.54 Å². The fourth-order valence-corrected chi connectivity index (χ4v) is 3.85. The quantitative estimate of drug-likeness (QED) is 0.925. The van der Waals surface area contributed by atoms with Crippen LogP contribution in [0.4, 0.5) is 5.82 Å². The van der Waals surface area contributed by atoms with Crippen molar-refractivity contribution in [3.8, 4) is 0 Å². The number of anilines is 1. The summed E-state index contributed by atoms with van der Waals surface area (Å²) in [5.41, 5.74) is 2.73. The van der Waals surface area contributed by atoms with E-state index in [9.17, 15) is 0 Å². The highest BCUT2D eigenvalue weighted by Crippen LogP contribution is 2.24. The van der Waals surface area contributed by atoms with Gasteiger partial charge >= 0.3 is 0 Å². The maximum atomic E-state index is 4.31. The van der Waals surface area contributed by atoms with Crippen LogP contribution in [0, 0.1) is 5.92 Å². The summed E-state index contributed by atoms with van der Waals surface area (Å²) >= 11 is 3.62. The molecule has 0 unspecified atom stereocenters. The SMILES string of the molecule is c1nc(NCC2CCSCC2)c2ncsc2n1. The predicted molar refractivity (Wildman–Crippen MR) is 73.7 cm³/mol. The van der Waals surface area contributed by atoms with Crippen molar-refractivity contribution in [2.45, 2.75) is 12.8 Å². The maximum absolute atomic E-state index is 4.31. The highest BCUT2D eigenvalue weighted by Gasteiger charge is 2.14. The molecule has 1 N–H and O–H groups in total. The molecule has 0 spiro atoms. The standard InChI is InChI=1S/C11H14N4S2/c1-3-16-4-2-8(1)5-12-10-9-11(14-6-13-10)17-7-15-9/h6-8H,1-5H2,(H,12,13,14). The van der Waals surface area contributed by atoms with Crippen molar-refractivity contribution in [3.05, 3.63) is 11.8 Å². The summed E-state index contributed by atoms with van der Waals surface area (Å²) < 4.78 is 0. The van der Waals surface area contributed by atoms with Crippen molar-refractivity contribution in [3.63, 3.8) is 0 Å². The minimum absolute atomic E-state index is 0.778. The molecule has 0 amide bonds. The van der Waals surface area contributed by atoms with Crippen LogP contribution < -0.4 is 5.32 Å². The van der Waals surface area contributed by atoms with Crippen LogP contribution in [0.25, 0.3) is 10.3 Å². The Morgan fingerprint density at radius 3 is 3.00 bits per heavy atom. The Hall–Kier alpha value is -0.880. The summed E-state index contributed by atoms with van der Waals surface area (Å²) in [6, 6.07) is 0. The van der Waals surface area contributed by atoms with Crippen molar-refractivity contribution in [1.82, 2.24) is 15.0 Å². The van der Waals surface area contributed by atoms with Crippen LogP contribution in [0.5, 0.6) is 0 Å². The molecule has 1 aliphatic heterocycles. The first-order valence-corrected chi connectivity index (χ1v) is 7.83. The average Bonchev–Trinajstić information content (AvgIpc) is 2.86. The Balaban J connectivity index is 1.69. The summed E-state index contributed by atoms with van der Waals surface area (Å²) in [5, 5.41) is 3.43. The second kappa shape index (κ2) is 5.18. The van der Waals surface area contributed by atoms with E-state index in [0.717, 1.165) is 28.6 Å². The third kappa shape index (κ3) is 2.52. The van der Waals surface area contributed by atoms with Gasteiger partial charge in [-0.15, -0.1) is 11.3 Å². The van der Waals surface area contributed by atoms with E-state index in [-0.39, 0.29) is 0 Å². The van der Waals surface area contributed by atoms with Gasteiger partial charge in [-0.1, -0.05) is 0 Å². The van der Waals surface area contributed by atoms with Gasteiger partial charge in [-0.25, -0.2) is 15.0 Å². The zero-order valence-corrected chi connectivity index (χ0v) is 11.1. The lowest BCUT2D eigenvalue weighted by molar-refractivity contribution is 0.515. The molecule has 0 aliphatic carbocycles. The molecule has 1 fully saturated rings. The second-order valence-electron chi connectivity index (χ2n) is 4.17. The summed E-state index contributed by atoms with van der Waals surface area (Å²) in [6.07, 6.45) is 4.23. The van der Waals surface area contributed by atoms with Crippen molar-refractivity contribution in [1.29, 1.82) is 0 Å². The third-order valence-electron chi connectivity index (χ3n) is 3.03. The first-order valence-electron chi connectivity index (χ1n) is 5.79. The molecule has 1 aliphatic rings. The molecular formula is C11H14N4S2. The van der Waals surface area contributed by atoms with Crippen LogP contribution >= 0.6 is 23.1 Å². The van der Waals surface area contributed by atoms with E-state index < -0.39 is 0 Å². The largest absolute Gasteiger partial charge is 0.368 e. The van der Waals surface area contributed by atoms with Crippen LogP contribution in [0.15, 0.2) is 11.8 Å². The lowest BCUT2D eigenvalue weighted by atomic mass is 10.0. The van der Waals surface area contributed by atoms with Crippen molar-refractivity contribution in [2.75, 3.05) is 23.4 Å². The number of thiazole rings is 1. The predicted octanol–water partition coefficient (Wildman–Crippen LogP) is 2.64. The van der Waals surface area contributed by atoms with Crippen molar-refractivity contribution in [2.24, 2.45) is 5.92 Å². The summed E-state index contributed by atoms with van der Waals surface area (Å²) in [5.74, 6) is 4.25. The van der Waals surface area contributed by atoms with E-state index in [1.165, 1.54) is 24.3 Å². The Morgan fingerprint density at radius 1 is 1.24 bits per heavy atom. The van der Waals surface area contributed by atoms with Crippen molar-refractivity contribution < 1.29 is 0 Å². The van der Waals surface area contributed by atoms with Gasteiger partial charge in [-0.05, 0) is 30.3 Å². The summed E-state index contributed by atoms with van der Waals surface area (Å²) in [4.78, 5) is 13.7. The molecule has 0 bridgehead atoms. The van der Waals surface area contributed by atoms with Gasteiger partial charge < -0.3 is 5.32 Å². The number of thioether (sulfide) groups is 1. The van der Waals surface area contributed by atoms with Crippen molar-refractivity contribution >= 4 is 39.3 Å². The first kappa shape index (κ1) is 11.2. The Morgan fingerprint density at radius 2 is 2.12 bits per heavy atom. The van der Waals surface area contributed by atoms with Crippen LogP contribution in [-0.2, 0) is 0 Å². The molecule has 3 heterocycles. The molecule has 90 valence electrons. The average molecular weight is 266 g/mol. The minimum atomic E-state index is 0.778. The fraction of sp³-hybridized carbons (Fsp3) is 0.545. The molecule has 0 atom stereocenters. The molecule has 2 aromatic rings. The van der Waals surface area contributed by atoms with Crippen LogP contribution in [0.2, 0.25) is 0 Å². The fourth-order valence-electron chi connectivity index (χ4n) is 2.02. The van der Waals surface area contributed by atoms with Gasteiger partial charge in [0.1, 0.15) is 16.7 Å². The van der Waals surface area contributed by atoms with Gasteiger partial charge in [-0.3, -0.25) is 0 Å². The van der Waals surface area contributed by atoms with Gasteiger partial charge in [0.2, 0.25) is 0 Å². The van der Waals surface area contributed by atoms with E-state index in [1.54, 1.807) is 17.7 Å². The Labute approximate surface area is 108 Å². The molecule has 1 saturated heterocycles. The van der Waals surface area contributed by atoms with Crippen LogP contribution in [0.3, 0.4) is 0 Å². The zero-order chi connectivity index (χ0) is 11.5. The van der Waals surface area contributed by atoms with Gasteiger partial charge in [0.25, 0.3) is 0 Å². The first-order chi connectivity index (χ1) is 8.43. The summed E-state index contributed by atoms with van der Waals surface area (Å²) in [6.45, 7) is 1.00. The number of hydrogen-bond donors (Lipinski definition) is 1. The number of hydrogen-bond acceptors (Lipinski definition) is 6. The van der Waals surface area contributed by atoms with E-state index in [4.69, 9.17) is 0 Å². The molecule has 3 rings (SSSR count). The smallest absolute Gasteiger partial charge is 0.156 e. The highest BCUT2D eigenvalue weighted by atomic mass is 32.2. The zero-order valence-electron chi connectivity index (χ0n) is 9.43. The van der Waals surface area contributed by atoms with E-state index in [2.05, 4.69) is 32.0 Å². The topological polar surface area (TPSA) is 50.7 Å². The number of nitrogens with zero attached hydrogens (tertiary/aromatic N) is 3. The minimum Gasteiger partial charge on any atom is -0.368 e. The molecule has 6 heteroatoms. The summed E-state index contributed by atoms with van der Waals surface area (Å²) in [7, 11) is 0. The Bertz CT molecular complexity index is 493. The van der Waals surface area contributed by atoms with Gasteiger partial charge in [0.15, 0.2) is 5.82 Å². The molecule has 4 nitrogen and oxygen atoms in total. The van der Waals surface area contributed by atoms with E-state index >= 15 is 0 Å². The third-order valence-corrected chi connectivity index (χ3v) is 4.82. The highest BCUT2D eigenvalue weighted by molar-refractivity contribution is 7.99. The van der Waals surface area contributed by atoms with E-state index in [0.29, 0.717) is 0 Å². The van der Waals surface area contributed by atoms with Crippen LogP contribution in [-0.4, -0.2) is 33.0 Å². The second-order valence-corrected chi connectivity index (χ2v) is 6.22. The molecule has 2 aromatic heterocycles. The lowest BCUT2D eigenvalue weighted by Crippen LogP contribution is -2.19. The monoisotopic (exact) mass is 266 g/mol. The molecule has 0 aromatic carbocycles. The number of nitrogens with one attached hydrogen (secondary N) is 1. The van der Waals surface area contributed by atoms with Crippen LogP contribution in [0.1, 0.15) is 12.8 Å². The maximum Gasteiger partial charge on any atom is 0.156 e. The number of rotatable bonds is 3. The molecule has 0 radical (unpaired) electrons. The molecular weight excluding hydrogens is 252 g/mol. The lowest BCUT2D eigenvalue weighted by Gasteiger charge is -2.21.